The van der Waals surface area contributed by atoms with E-state index in [1.807, 2.05) is 0 Å². The van der Waals surface area contributed by atoms with E-state index < -0.39 is 5.67 Å². The third-order valence-corrected chi connectivity index (χ3v) is 3.37. The van der Waals surface area contributed by atoms with Crippen molar-refractivity contribution in [3.05, 3.63) is 0 Å². The number of alkyl halides is 1. The zero-order chi connectivity index (χ0) is 9.53. The number of halogens is 1. The van der Waals surface area contributed by atoms with E-state index in [1.165, 1.54) is 6.42 Å². The normalized spacial score (nSPS) is 45.5. The van der Waals surface area contributed by atoms with E-state index in [0.29, 0.717) is 19.6 Å². The van der Waals surface area contributed by atoms with Gasteiger partial charge in [-0.3, -0.25) is 4.90 Å². The Kier molecular flexibility index (Phi) is 2.11. The molecule has 76 valence electrons. The van der Waals surface area contributed by atoms with Gasteiger partial charge in [-0.15, -0.1) is 0 Å². The largest absolute Gasteiger partial charge is 0.383 e. The van der Waals surface area contributed by atoms with Crippen LogP contribution in [0.15, 0.2) is 0 Å². The highest BCUT2D eigenvalue weighted by atomic mass is 19.1. The summed E-state index contributed by atoms with van der Waals surface area (Å²) in [6, 6.07) is 0. The van der Waals surface area contributed by atoms with Crippen molar-refractivity contribution in [3.63, 3.8) is 0 Å². The first-order valence-corrected chi connectivity index (χ1v) is 5.01. The van der Waals surface area contributed by atoms with E-state index in [-0.39, 0.29) is 5.54 Å². The molecule has 0 bridgehead atoms. The molecule has 0 aliphatic carbocycles. The average Bonchev–Trinajstić information content (AvgIpc) is 2.40. The first-order valence-electron chi connectivity index (χ1n) is 5.01. The molecule has 2 atom stereocenters. The number of fused-ring (bicyclic) bond motifs is 1. The quantitative estimate of drug-likeness (QED) is 0.651. The smallest absolute Gasteiger partial charge is 0.122 e. The summed E-state index contributed by atoms with van der Waals surface area (Å²) < 4.78 is 19.0. The fraction of sp³-hybridized carbons (Fsp3) is 1.00. The first kappa shape index (κ1) is 9.41. The summed E-state index contributed by atoms with van der Waals surface area (Å²) in [4.78, 5) is 2.27. The maximum Gasteiger partial charge on any atom is 0.122 e. The number of ether oxygens (including phenoxy) is 1. The van der Waals surface area contributed by atoms with Gasteiger partial charge in [-0.05, 0) is 26.3 Å². The van der Waals surface area contributed by atoms with Crippen LogP contribution in [0.25, 0.3) is 0 Å². The van der Waals surface area contributed by atoms with Gasteiger partial charge < -0.3 is 4.74 Å². The third-order valence-electron chi connectivity index (χ3n) is 3.37. The lowest BCUT2D eigenvalue weighted by Crippen LogP contribution is -2.42. The fourth-order valence-corrected chi connectivity index (χ4v) is 3.06. The summed E-state index contributed by atoms with van der Waals surface area (Å²) in [6.45, 7) is 4.04. The molecule has 0 spiro atoms. The van der Waals surface area contributed by atoms with Gasteiger partial charge in [-0.1, -0.05) is 0 Å². The van der Waals surface area contributed by atoms with Crippen LogP contribution in [-0.2, 0) is 4.74 Å². The Hall–Kier alpha value is -0.150. The van der Waals surface area contributed by atoms with Crippen molar-refractivity contribution < 1.29 is 9.13 Å². The molecule has 2 saturated heterocycles. The number of nitrogens with zero attached hydrogens (tertiary/aromatic N) is 1. The molecule has 2 aliphatic rings. The standard InChI is InChI=1S/C10H18FNO/c1-9(11)6-10(8-13-2)4-3-5-12(10)7-9/h3-8H2,1-2H3/t9?,10-/m1/s1. The molecule has 0 radical (unpaired) electrons. The van der Waals surface area contributed by atoms with Crippen molar-refractivity contribution in [2.45, 2.75) is 37.4 Å². The van der Waals surface area contributed by atoms with Crippen LogP contribution in [0.5, 0.6) is 0 Å². The van der Waals surface area contributed by atoms with Gasteiger partial charge in [0.25, 0.3) is 0 Å². The van der Waals surface area contributed by atoms with Gasteiger partial charge in [-0.2, -0.15) is 0 Å². The van der Waals surface area contributed by atoms with Crippen molar-refractivity contribution in [1.82, 2.24) is 4.90 Å². The van der Waals surface area contributed by atoms with Gasteiger partial charge in [-0.25, -0.2) is 4.39 Å². The summed E-state index contributed by atoms with van der Waals surface area (Å²) in [7, 11) is 1.71. The molecule has 0 aromatic rings. The molecule has 2 nitrogen and oxygen atoms in total. The van der Waals surface area contributed by atoms with Gasteiger partial charge in [0.2, 0.25) is 0 Å². The topological polar surface area (TPSA) is 12.5 Å². The second-order valence-electron chi connectivity index (χ2n) is 4.77. The molecule has 1 unspecified atom stereocenters. The van der Waals surface area contributed by atoms with E-state index in [2.05, 4.69) is 4.90 Å². The molecule has 2 fully saturated rings. The molecule has 2 heterocycles. The predicted octanol–water partition coefficient (Wildman–Crippen LogP) is 1.60. The zero-order valence-electron chi connectivity index (χ0n) is 8.48. The van der Waals surface area contributed by atoms with Crippen LogP contribution in [0.2, 0.25) is 0 Å². The van der Waals surface area contributed by atoms with Gasteiger partial charge in [0.05, 0.1) is 6.61 Å². The Morgan fingerprint density at radius 3 is 3.00 bits per heavy atom. The van der Waals surface area contributed by atoms with Gasteiger partial charge >= 0.3 is 0 Å². The lowest BCUT2D eigenvalue weighted by molar-refractivity contribution is 0.0644. The highest BCUT2D eigenvalue weighted by Crippen LogP contribution is 2.44. The minimum absolute atomic E-state index is 0.0260. The van der Waals surface area contributed by atoms with Gasteiger partial charge in [0.1, 0.15) is 5.67 Å². The summed E-state index contributed by atoms with van der Waals surface area (Å²) >= 11 is 0. The summed E-state index contributed by atoms with van der Waals surface area (Å²) in [5, 5.41) is 0. The second-order valence-corrected chi connectivity index (χ2v) is 4.77. The number of hydrogen-bond donors (Lipinski definition) is 0. The van der Waals surface area contributed by atoms with Crippen molar-refractivity contribution in [2.24, 2.45) is 0 Å². The fourth-order valence-electron chi connectivity index (χ4n) is 3.06. The summed E-state index contributed by atoms with van der Waals surface area (Å²) in [5.41, 5.74) is -0.975. The molecular weight excluding hydrogens is 169 g/mol. The van der Waals surface area contributed by atoms with Crippen molar-refractivity contribution in [1.29, 1.82) is 0 Å². The molecule has 0 aromatic carbocycles. The van der Waals surface area contributed by atoms with E-state index in [4.69, 9.17) is 4.74 Å². The predicted molar refractivity (Wildman–Crippen MR) is 49.5 cm³/mol. The molecule has 0 N–H and O–H groups in total. The zero-order valence-corrected chi connectivity index (χ0v) is 8.48. The molecule has 0 aromatic heterocycles. The highest BCUT2D eigenvalue weighted by Gasteiger charge is 2.53. The van der Waals surface area contributed by atoms with E-state index in [9.17, 15) is 4.39 Å². The van der Waals surface area contributed by atoms with Crippen LogP contribution in [-0.4, -0.2) is 42.9 Å². The Morgan fingerprint density at radius 1 is 1.54 bits per heavy atom. The number of methoxy groups -OCH3 is 1. The van der Waals surface area contributed by atoms with Crippen molar-refractivity contribution in [2.75, 3.05) is 26.8 Å². The van der Waals surface area contributed by atoms with E-state index in [1.54, 1.807) is 14.0 Å². The third kappa shape index (κ3) is 1.48. The lowest BCUT2D eigenvalue weighted by atomic mass is 9.90. The molecule has 13 heavy (non-hydrogen) atoms. The summed E-state index contributed by atoms with van der Waals surface area (Å²) in [5.74, 6) is 0. The molecule has 0 amide bonds. The first-order chi connectivity index (χ1) is 6.08. The van der Waals surface area contributed by atoms with Crippen molar-refractivity contribution in [3.8, 4) is 0 Å². The minimum atomic E-state index is -1.00. The van der Waals surface area contributed by atoms with Gasteiger partial charge in [0.15, 0.2) is 0 Å². The molecule has 2 aliphatic heterocycles. The molecule has 3 heteroatoms. The Balaban J connectivity index is 2.15. The number of hydrogen-bond acceptors (Lipinski definition) is 2. The van der Waals surface area contributed by atoms with Crippen molar-refractivity contribution >= 4 is 0 Å². The lowest BCUT2D eigenvalue weighted by Gasteiger charge is -2.30. The van der Waals surface area contributed by atoms with E-state index >= 15 is 0 Å². The Bertz CT molecular complexity index is 207. The van der Waals surface area contributed by atoms with Crippen LogP contribution in [0, 0.1) is 0 Å². The van der Waals surface area contributed by atoms with Crippen LogP contribution in [0.4, 0.5) is 4.39 Å². The second kappa shape index (κ2) is 2.92. The van der Waals surface area contributed by atoms with Crippen LogP contribution in [0.3, 0.4) is 0 Å². The Morgan fingerprint density at radius 2 is 2.31 bits per heavy atom. The van der Waals surface area contributed by atoms with Gasteiger partial charge in [0, 0.05) is 25.6 Å². The van der Waals surface area contributed by atoms with E-state index in [0.717, 1.165) is 13.0 Å². The average molecular weight is 187 g/mol. The molecule has 0 saturated carbocycles. The highest BCUT2D eigenvalue weighted by molar-refractivity contribution is 5.08. The van der Waals surface area contributed by atoms with Crippen LogP contribution in [0.1, 0.15) is 26.2 Å². The SMILES string of the molecule is COC[C@]12CCCN1CC(C)(F)C2. The summed E-state index contributed by atoms with van der Waals surface area (Å²) in [6.07, 6.45) is 2.94. The number of rotatable bonds is 2. The van der Waals surface area contributed by atoms with Crippen LogP contribution < -0.4 is 0 Å². The molecular formula is C10H18FNO. The molecule has 2 rings (SSSR count). The maximum atomic E-state index is 13.8. The Labute approximate surface area is 79.1 Å². The van der Waals surface area contributed by atoms with Crippen LogP contribution >= 0.6 is 0 Å². The maximum absolute atomic E-state index is 13.8. The minimum Gasteiger partial charge on any atom is -0.383 e. The monoisotopic (exact) mass is 187 g/mol.